The van der Waals surface area contributed by atoms with Gasteiger partial charge in [0.05, 0.1) is 18.2 Å². The van der Waals surface area contributed by atoms with Crippen LogP contribution in [0, 0.1) is 5.82 Å². The molecule has 0 saturated carbocycles. The molecule has 0 amide bonds. The van der Waals surface area contributed by atoms with Crippen LogP contribution < -0.4 is 5.32 Å². The largest absolute Gasteiger partial charge is 0.458 e. The predicted molar refractivity (Wildman–Crippen MR) is 69.3 cm³/mol. The van der Waals surface area contributed by atoms with Gasteiger partial charge < -0.3 is 14.5 Å². The van der Waals surface area contributed by atoms with Crippen LogP contribution in [0.3, 0.4) is 0 Å². The van der Waals surface area contributed by atoms with Crippen molar-refractivity contribution in [1.29, 1.82) is 0 Å². The second-order valence-electron chi connectivity index (χ2n) is 3.98. The molecule has 0 aliphatic heterocycles. The first kappa shape index (κ1) is 13.3. The van der Waals surface area contributed by atoms with Crippen molar-refractivity contribution in [1.82, 2.24) is 5.32 Å². The van der Waals surface area contributed by atoms with Crippen LogP contribution >= 0.6 is 11.6 Å². The first-order chi connectivity index (χ1) is 8.67. The van der Waals surface area contributed by atoms with Crippen LogP contribution in [0.1, 0.15) is 18.2 Å². The molecule has 0 saturated heterocycles. The molecule has 1 N–H and O–H groups in total. The lowest BCUT2D eigenvalue weighted by atomic mass is 10.1. The lowest BCUT2D eigenvalue weighted by molar-refractivity contribution is 0.183. The van der Waals surface area contributed by atoms with E-state index in [4.69, 9.17) is 20.8 Å². The third-order valence-corrected chi connectivity index (χ3v) is 3.00. The standard InChI is InChI=1S/C13H15ClFNO2/c1-3-16-6-12-10(7-17-2)9-4-8(15)5-11(14)13(9)18-12/h4-5,16H,3,6-7H2,1-2H3. The van der Waals surface area contributed by atoms with Crippen molar-refractivity contribution in [2.45, 2.75) is 20.1 Å². The van der Waals surface area contributed by atoms with Gasteiger partial charge in [-0.2, -0.15) is 0 Å². The molecule has 0 atom stereocenters. The molecule has 0 radical (unpaired) electrons. The number of nitrogens with one attached hydrogen (secondary N) is 1. The third-order valence-electron chi connectivity index (χ3n) is 2.72. The summed E-state index contributed by atoms with van der Waals surface area (Å²) in [5.74, 6) is 0.363. The summed E-state index contributed by atoms with van der Waals surface area (Å²) < 4.78 is 24.2. The number of fused-ring (bicyclic) bond motifs is 1. The Morgan fingerprint density at radius 2 is 2.22 bits per heavy atom. The van der Waals surface area contributed by atoms with Crippen molar-refractivity contribution in [3.63, 3.8) is 0 Å². The topological polar surface area (TPSA) is 34.4 Å². The first-order valence-electron chi connectivity index (χ1n) is 5.76. The van der Waals surface area contributed by atoms with E-state index in [9.17, 15) is 4.39 Å². The number of hydrogen-bond donors (Lipinski definition) is 1. The summed E-state index contributed by atoms with van der Waals surface area (Å²) in [4.78, 5) is 0. The molecule has 0 aliphatic carbocycles. The summed E-state index contributed by atoms with van der Waals surface area (Å²) in [7, 11) is 1.59. The summed E-state index contributed by atoms with van der Waals surface area (Å²) in [6.45, 7) is 3.77. The van der Waals surface area contributed by atoms with Crippen molar-refractivity contribution < 1.29 is 13.5 Å². The van der Waals surface area contributed by atoms with E-state index in [2.05, 4.69) is 5.32 Å². The van der Waals surface area contributed by atoms with Crippen molar-refractivity contribution >= 4 is 22.6 Å². The number of furan rings is 1. The van der Waals surface area contributed by atoms with Gasteiger partial charge in [-0.3, -0.25) is 0 Å². The smallest absolute Gasteiger partial charge is 0.153 e. The maximum atomic E-state index is 13.4. The van der Waals surface area contributed by atoms with Gasteiger partial charge in [0.1, 0.15) is 11.6 Å². The summed E-state index contributed by atoms with van der Waals surface area (Å²) >= 11 is 5.99. The number of methoxy groups -OCH3 is 1. The molecule has 0 aliphatic rings. The predicted octanol–water partition coefficient (Wildman–Crippen LogP) is 3.48. The zero-order valence-corrected chi connectivity index (χ0v) is 11.1. The van der Waals surface area contributed by atoms with Gasteiger partial charge in [0.15, 0.2) is 5.58 Å². The minimum absolute atomic E-state index is 0.283. The SMILES string of the molecule is CCNCc1oc2c(Cl)cc(F)cc2c1COC. The van der Waals surface area contributed by atoms with Gasteiger partial charge in [0.25, 0.3) is 0 Å². The van der Waals surface area contributed by atoms with Crippen LogP contribution in [0.25, 0.3) is 11.0 Å². The van der Waals surface area contributed by atoms with Crippen LogP contribution in [0.2, 0.25) is 5.02 Å². The zero-order valence-electron chi connectivity index (χ0n) is 10.3. The Labute approximate surface area is 110 Å². The summed E-state index contributed by atoms with van der Waals surface area (Å²) in [6.07, 6.45) is 0. The van der Waals surface area contributed by atoms with Gasteiger partial charge in [-0.25, -0.2) is 4.39 Å². The van der Waals surface area contributed by atoms with Crippen LogP contribution in [0.15, 0.2) is 16.5 Å². The summed E-state index contributed by atoms with van der Waals surface area (Å²) in [5, 5.41) is 4.13. The van der Waals surface area contributed by atoms with E-state index in [-0.39, 0.29) is 10.8 Å². The highest BCUT2D eigenvalue weighted by Gasteiger charge is 2.17. The minimum atomic E-state index is -0.374. The number of benzene rings is 1. The van der Waals surface area contributed by atoms with Crippen molar-refractivity contribution in [2.24, 2.45) is 0 Å². The Morgan fingerprint density at radius 1 is 1.44 bits per heavy atom. The maximum Gasteiger partial charge on any atom is 0.153 e. The molecule has 0 unspecified atom stereocenters. The van der Waals surface area contributed by atoms with Crippen molar-refractivity contribution in [3.05, 3.63) is 34.3 Å². The number of hydrogen-bond acceptors (Lipinski definition) is 3. The minimum Gasteiger partial charge on any atom is -0.458 e. The Bertz CT molecular complexity index is 553. The molecule has 1 aromatic heterocycles. The van der Waals surface area contributed by atoms with Gasteiger partial charge in [-0.15, -0.1) is 0 Å². The van der Waals surface area contributed by atoms with Gasteiger partial charge in [-0.05, 0) is 18.7 Å². The normalized spacial score (nSPS) is 11.3. The lowest BCUT2D eigenvalue weighted by Gasteiger charge is -2.02. The molecule has 0 bridgehead atoms. The third kappa shape index (κ3) is 2.51. The molecule has 0 fully saturated rings. The van der Waals surface area contributed by atoms with Gasteiger partial charge in [-0.1, -0.05) is 18.5 Å². The summed E-state index contributed by atoms with van der Waals surface area (Å²) in [5.41, 5.74) is 1.35. The average Bonchev–Trinajstić information content (AvgIpc) is 2.66. The Kier molecular flexibility index (Phi) is 4.22. The zero-order chi connectivity index (χ0) is 13.1. The van der Waals surface area contributed by atoms with Crippen LogP contribution in [0.5, 0.6) is 0 Å². The molecule has 1 heterocycles. The Morgan fingerprint density at radius 3 is 2.89 bits per heavy atom. The van der Waals surface area contributed by atoms with Crippen LogP contribution in [0.4, 0.5) is 4.39 Å². The van der Waals surface area contributed by atoms with E-state index in [1.54, 1.807) is 7.11 Å². The first-order valence-corrected chi connectivity index (χ1v) is 6.14. The van der Waals surface area contributed by atoms with Gasteiger partial charge >= 0.3 is 0 Å². The fourth-order valence-corrected chi connectivity index (χ4v) is 2.15. The van der Waals surface area contributed by atoms with E-state index >= 15 is 0 Å². The Balaban J connectivity index is 2.55. The second kappa shape index (κ2) is 5.69. The second-order valence-corrected chi connectivity index (χ2v) is 4.39. The number of ether oxygens (including phenoxy) is 1. The van der Waals surface area contributed by atoms with Crippen molar-refractivity contribution in [3.8, 4) is 0 Å². The molecular formula is C13H15ClFNO2. The van der Waals surface area contributed by atoms with E-state index in [0.29, 0.717) is 24.1 Å². The fraction of sp³-hybridized carbons (Fsp3) is 0.385. The maximum absolute atomic E-state index is 13.4. The van der Waals surface area contributed by atoms with E-state index < -0.39 is 0 Å². The highest BCUT2D eigenvalue weighted by atomic mass is 35.5. The molecule has 0 spiro atoms. The Hall–Kier alpha value is -1.10. The molecular weight excluding hydrogens is 257 g/mol. The van der Waals surface area contributed by atoms with Crippen LogP contribution in [-0.2, 0) is 17.9 Å². The van der Waals surface area contributed by atoms with E-state index in [0.717, 1.165) is 17.9 Å². The molecule has 2 aromatic rings. The highest BCUT2D eigenvalue weighted by Crippen LogP contribution is 2.32. The molecule has 18 heavy (non-hydrogen) atoms. The quantitative estimate of drug-likeness (QED) is 0.904. The fourth-order valence-electron chi connectivity index (χ4n) is 1.91. The van der Waals surface area contributed by atoms with Gasteiger partial charge in [0.2, 0.25) is 0 Å². The lowest BCUT2D eigenvalue weighted by Crippen LogP contribution is -2.12. The number of halogens is 2. The van der Waals surface area contributed by atoms with Gasteiger partial charge in [0, 0.05) is 18.1 Å². The summed E-state index contributed by atoms with van der Waals surface area (Å²) in [6, 6.07) is 2.68. The average molecular weight is 272 g/mol. The van der Waals surface area contributed by atoms with E-state index in [1.165, 1.54) is 12.1 Å². The molecule has 1 aromatic carbocycles. The molecule has 5 heteroatoms. The molecule has 2 rings (SSSR count). The number of rotatable bonds is 5. The van der Waals surface area contributed by atoms with Crippen molar-refractivity contribution in [2.75, 3.05) is 13.7 Å². The molecule has 3 nitrogen and oxygen atoms in total. The molecule has 98 valence electrons. The highest BCUT2D eigenvalue weighted by molar-refractivity contribution is 6.34. The van der Waals surface area contributed by atoms with Crippen LogP contribution in [-0.4, -0.2) is 13.7 Å². The monoisotopic (exact) mass is 271 g/mol. The van der Waals surface area contributed by atoms with E-state index in [1.807, 2.05) is 6.92 Å².